The van der Waals surface area contributed by atoms with E-state index in [-0.39, 0.29) is 6.04 Å². The molecule has 0 bridgehead atoms. The first-order chi connectivity index (χ1) is 7.27. The van der Waals surface area contributed by atoms with Gasteiger partial charge in [0.05, 0.1) is 6.04 Å². The minimum atomic E-state index is 0.108. The molecule has 2 fully saturated rings. The van der Waals surface area contributed by atoms with Crippen LogP contribution in [0.1, 0.15) is 38.5 Å². The van der Waals surface area contributed by atoms with E-state index in [1.807, 2.05) is 11.9 Å². The Kier molecular flexibility index (Phi) is 3.62. The summed E-state index contributed by atoms with van der Waals surface area (Å²) in [5, 5.41) is 3.27. The van der Waals surface area contributed by atoms with E-state index >= 15 is 0 Å². The fourth-order valence-electron chi connectivity index (χ4n) is 2.83. The Hall–Kier alpha value is -0.570. The number of hydrogen-bond acceptors (Lipinski definition) is 2. The topological polar surface area (TPSA) is 32.3 Å². The van der Waals surface area contributed by atoms with Crippen LogP contribution >= 0.6 is 0 Å². The molecule has 0 unspecified atom stereocenters. The van der Waals surface area contributed by atoms with Crippen molar-refractivity contribution in [3.8, 4) is 0 Å². The van der Waals surface area contributed by atoms with E-state index < -0.39 is 0 Å². The van der Waals surface area contributed by atoms with Crippen LogP contribution in [0, 0.1) is 5.92 Å². The average molecular weight is 210 g/mol. The Bertz CT molecular complexity index is 218. The summed E-state index contributed by atoms with van der Waals surface area (Å²) in [5.74, 6) is 1.07. The summed E-state index contributed by atoms with van der Waals surface area (Å²) < 4.78 is 0. The van der Waals surface area contributed by atoms with Crippen LogP contribution < -0.4 is 5.32 Å². The van der Waals surface area contributed by atoms with E-state index in [0.717, 1.165) is 31.8 Å². The lowest BCUT2D eigenvalue weighted by Crippen LogP contribution is -2.43. The van der Waals surface area contributed by atoms with Crippen LogP contribution in [0.4, 0.5) is 0 Å². The largest absolute Gasteiger partial charge is 0.344 e. The first-order valence-electron chi connectivity index (χ1n) is 6.26. The summed E-state index contributed by atoms with van der Waals surface area (Å²) >= 11 is 0. The van der Waals surface area contributed by atoms with Gasteiger partial charge in [0.2, 0.25) is 5.91 Å². The van der Waals surface area contributed by atoms with Crippen molar-refractivity contribution in [2.45, 2.75) is 44.6 Å². The molecule has 1 amide bonds. The second-order valence-corrected chi connectivity index (χ2v) is 5.02. The summed E-state index contributed by atoms with van der Waals surface area (Å²) in [6.45, 7) is 1.98. The molecule has 0 aromatic heterocycles. The fourth-order valence-corrected chi connectivity index (χ4v) is 2.83. The summed E-state index contributed by atoms with van der Waals surface area (Å²) in [6, 6.07) is 0.108. The molecule has 86 valence electrons. The van der Waals surface area contributed by atoms with Gasteiger partial charge >= 0.3 is 0 Å². The molecular formula is C12H22N2O. The zero-order valence-electron chi connectivity index (χ0n) is 9.67. The number of carbonyl (C=O) groups is 1. The predicted octanol–water partition coefficient (Wildman–Crippen LogP) is 1.39. The van der Waals surface area contributed by atoms with Crippen molar-refractivity contribution < 1.29 is 4.79 Å². The smallest absolute Gasteiger partial charge is 0.239 e. The molecule has 15 heavy (non-hydrogen) atoms. The molecule has 1 N–H and O–H groups in total. The second-order valence-electron chi connectivity index (χ2n) is 5.02. The Morgan fingerprint density at radius 1 is 1.27 bits per heavy atom. The first-order valence-corrected chi connectivity index (χ1v) is 6.26. The van der Waals surface area contributed by atoms with Crippen molar-refractivity contribution in [1.82, 2.24) is 10.2 Å². The molecule has 0 aromatic rings. The second kappa shape index (κ2) is 4.97. The van der Waals surface area contributed by atoms with E-state index in [0.29, 0.717) is 5.91 Å². The summed E-state index contributed by atoms with van der Waals surface area (Å²) in [4.78, 5) is 13.9. The summed E-state index contributed by atoms with van der Waals surface area (Å²) in [5.41, 5.74) is 0. The van der Waals surface area contributed by atoms with Crippen LogP contribution in [-0.2, 0) is 4.79 Å². The normalized spacial score (nSPS) is 27.1. The number of nitrogens with one attached hydrogen (secondary N) is 1. The quantitative estimate of drug-likeness (QED) is 0.763. The summed E-state index contributed by atoms with van der Waals surface area (Å²) in [7, 11) is 1.96. The fraction of sp³-hybridized carbons (Fsp3) is 0.917. The lowest BCUT2D eigenvalue weighted by molar-refractivity contribution is -0.132. The van der Waals surface area contributed by atoms with Crippen LogP contribution in [0.25, 0.3) is 0 Å². The maximum Gasteiger partial charge on any atom is 0.239 e. The van der Waals surface area contributed by atoms with Crippen molar-refractivity contribution >= 4 is 5.91 Å². The lowest BCUT2D eigenvalue weighted by Gasteiger charge is -2.24. The molecule has 1 aliphatic heterocycles. The van der Waals surface area contributed by atoms with Crippen LogP contribution in [-0.4, -0.2) is 37.0 Å². The molecule has 1 aliphatic carbocycles. The third-order valence-electron chi connectivity index (χ3n) is 3.74. The molecule has 2 aliphatic rings. The van der Waals surface area contributed by atoms with Gasteiger partial charge in [-0.25, -0.2) is 0 Å². The van der Waals surface area contributed by atoms with E-state index in [4.69, 9.17) is 0 Å². The average Bonchev–Trinajstić information content (AvgIpc) is 2.88. The van der Waals surface area contributed by atoms with Gasteiger partial charge in [-0.2, -0.15) is 0 Å². The first kappa shape index (κ1) is 10.9. The van der Waals surface area contributed by atoms with Crippen molar-refractivity contribution in [3.05, 3.63) is 0 Å². The molecular weight excluding hydrogens is 188 g/mol. The van der Waals surface area contributed by atoms with Gasteiger partial charge in [0.25, 0.3) is 0 Å². The zero-order valence-corrected chi connectivity index (χ0v) is 9.67. The third kappa shape index (κ3) is 2.71. The monoisotopic (exact) mass is 210 g/mol. The molecule has 1 saturated carbocycles. The van der Waals surface area contributed by atoms with Crippen LogP contribution in [0.5, 0.6) is 0 Å². The van der Waals surface area contributed by atoms with Crippen LogP contribution in [0.2, 0.25) is 0 Å². The van der Waals surface area contributed by atoms with E-state index in [9.17, 15) is 4.79 Å². The van der Waals surface area contributed by atoms with Gasteiger partial charge in [0.1, 0.15) is 0 Å². The molecule has 0 aromatic carbocycles. The lowest BCUT2D eigenvalue weighted by atomic mass is 10.1. The number of likely N-dealkylation sites (N-methyl/N-ethyl adjacent to an activating group) is 1. The number of carbonyl (C=O) groups excluding carboxylic acids is 1. The van der Waals surface area contributed by atoms with Crippen molar-refractivity contribution in [1.29, 1.82) is 0 Å². The minimum absolute atomic E-state index is 0.108. The highest BCUT2D eigenvalue weighted by atomic mass is 16.2. The molecule has 0 spiro atoms. The maximum absolute atomic E-state index is 12.0. The zero-order chi connectivity index (χ0) is 10.7. The van der Waals surface area contributed by atoms with Gasteiger partial charge in [0, 0.05) is 13.6 Å². The third-order valence-corrected chi connectivity index (χ3v) is 3.74. The molecule has 3 heteroatoms. The van der Waals surface area contributed by atoms with Gasteiger partial charge in [0.15, 0.2) is 0 Å². The van der Waals surface area contributed by atoms with Crippen molar-refractivity contribution in [2.24, 2.45) is 5.92 Å². The Labute approximate surface area is 92.2 Å². The predicted molar refractivity (Wildman–Crippen MR) is 60.6 cm³/mol. The van der Waals surface area contributed by atoms with Crippen LogP contribution in [0.15, 0.2) is 0 Å². The molecule has 1 saturated heterocycles. The van der Waals surface area contributed by atoms with Gasteiger partial charge in [-0.05, 0) is 38.1 Å². The van der Waals surface area contributed by atoms with E-state index in [1.165, 1.54) is 25.7 Å². The van der Waals surface area contributed by atoms with Gasteiger partial charge in [-0.15, -0.1) is 0 Å². The van der Waals surface area contributed by atoms with E-state index in [1.54, 1.807) is 0 Å². The standard InChI is InChI=1S/C12H22N2O/c1-14(9-10-5-2-3-6-10)12(15)11-7-4-8-13-11/h10-11,13H,2-9H2,1H3/t11-/m1/s1. The highest BCUT2D eigenvalue weighted by Gasteiger charge is 2.26. The number of amides is 1. The highest BCUT2D eigenvalue weighted by Crippen LogP contribution is 2.25. The molecule has 2 rings (SSSR count). The Morgan fingerprint density at radius 2 is 2.00 bits per heavy atom. The summed E-state index contributed by atoms with van der Waals surface area (Å²) in [6.07, 6.45) is 7.51. The van der Waals surface area contributed by atoms with Gasteiger partial charge < -0.3 is 10.2 Å². The van der Waals surface area contributed by atoms with Crippen molar-refractivity contribution in [3.63, 3.8) is 0 Å². The van der Waals surface area contributed by atoms with Crippen LogP contribution in [0.3, 0.4) is 0 Å². The Morgan fingerprint density at radius 3 is 2.60 bits per heavy atom. The Balaban J connectivity index is 1.78. The number of rotatable bonds is 3. The number of nitrogens with zero attached hydrogens (tertiary/aromatic N) is 1. The highest BCUT2D eigenvalue weighted by molar-refractivity contribution is 5.81. The SMILES string of the molecule is CN(CC1CCCC1)C(=O)[C@H]1CCCN1. The molecule has 1 heterocycles. The maximum atomic E-state index is 12.0. The van der Waals surface area contributed by atoms with E-state index in [2.05, 4.69) is 5.32 Å². The molecule has 1 atom stereocenters. The van der Waals surface area contributed by atoms with Crippen molar-refractivity contribution in [2.75, 3.05) is 20.1 Å². The van der Waals surface area contributed by atoms with Gasteiger partial charge in [-0.1, -0.05) is 12.8 Å². The molecule has 0 radical (unpaired) electrons. The minimum Gasteiger partial charge on any atom is -0.344 e. The number of hydrogen-bond donors (Lipinski definition) is 1. The molecule has 3 nitrogen and oxygen atoms in total. The van der Waals surface area contributed by atoms with Gasteiger partial charge in [-0.3, -0.25) is 4.79 Å².